The van der Waals surface area contributed by atoms with Gasteiger partial charge in [-0.3, -0.25) is 9.08 Å². The molecule has 0 N–H and O–H groups in total. The number of aromatic nitrogens is 6. The summed E-state index contributed by atoms with van der Waals surface area (Å²) in [5, 5.41) is 16.8. The molecule has 0 saturated carbocycles. The summed E-state index contributed by atoms with van der Waals surface area (Å²) in [5.74, 6) is 2.68. The third kappa shape index (κ3) is 2.80. The van der Waals surface area contributed by atoms with Gasteiger partial charge in [0.25, 0.3) is 0 Å². The van der Waals surface area contributed by atoms with E-state index in [4.69, 9.17) is 4.42 Å². The summed E-state index contributed by atoms with van der Waals surface area (Å²) >= 11 is 0. The van der Waals surface area contributed by atoms with Crippen molar-refractivity contribution >= 4 is 5.65 Å². The van der Waals surface area contributed by atoms with Crippen LogP contribution in [-0.2, 0) is 19.4 Å². The second-order valence-corrected chi connectivity index (χ2v) is 5.63. The van der Waals surface area contributed by atoms with Crippen LogP contribution < -0.4 is 0 Å². The van der Waals surface area contributed by atoms with Gasteiger partial charge in [0.2, 0.25) is 0 Å². The molecule has 0 aliphatic heterocycles. The number of hydrogen-bond acceptors (Lipinski definition) is 5. The SMILES string of the molecule is CCc1ccc(-c2cn(CCCc3nnc4ccccn34)nn2)o1. The number of nitrogens with zero attached hydrogens (tertiary/aromatic N) is 6. The summed E-state index contributed by atoms with van der Waals surface area (Å²) < 4.78 is 9.56. The van der Waals surface area contributed by atoms with E-state index in [1.807, 2.05) is 51.8 Å². The summed E-state index contributed by atoms with van der Waals surface area (Å²) in [5.41, 5.74) is 1.64. The lowest BCUT2D eigenvalue weighted by atomic mass is 10.3. The van der Waals surface area contributed by atoms with Gasteiger partial charge < -0.3 is 4.42 Å². The van der Waals surface area contributed by atoms with Gasteiger partial charge >= 0.3 is 0 Å². The van der Waals surface area contributed by atoms with E-state index in [1.165, 1.54) is 0 Å². The molecule has 24 heavy (non-hydrogen) atoms. The molecule has 7 nitrogen and oxygen atoms in total. The van der Waals surface area contributed by atoms with Gasteiger partial charge in [0.15, 0.2) is 11.4 Å². The van der Waals surface area contributed by atoms with Crippen molar-refractivity contribution in [3.05, 3.63) is 54.3 Å². The van der Waals surface area contributed by atoms with Gasteiger partial charge in [-0.25, -0.2) is 0 Å². The van der Waals surface area contributed by atoms with Gasteiger partial charge in [-0.1, -0.05) is 18.2 Å². The molecule has 0 saturated heterocycles. The Hall–Kier alpha value is -2.96. The Balaban J connectivity index is 1.40. The van der Waals surface area contributed by atoms with Gasteiger partial charge in [-0.2, -0.15) is 0 Å². The van der Waals surface area contributed by atoms with Gasteiger partial charge in [0, 0.05) is 25.6 Å². The average Bonchev–Trinajstić information content (AvgIpc) is 3.34. The Morgan fingerprint density at radius 2 is 2.04 bits per heavy atom. The lowest BCUT2D eigenvalue weighted by molar-refractivity contribution is 0.527. The quantitative estimate of drug-likeness (QED) is 0.546. The average molecular weight is 322 g/mol. The first-order chi connectivity index (χ1) is 11.8. The van der Waals surface area contributed by atoms with E-state index in [-0.39, 0.29) is 0 Å². The van der Waals surface area contributed by atoms with Crippen molar-refractivity contribution in [1.29, 1.82) is 0 Å². The Bertz CT molecular complexity index is 951. The maximum absolute atomic E-state index is 5.71. The van der Waals surface area contributed by atoms with Crippen LogP contribution in [0.15, 0.2) is 47.1 Å². The third-order valence-electron chi connectivity index (χ3n) is 3.97. The lowest BCUT2D eigenvalue weighted by Crippen LogP contribution is -2.02. The smallest absolute Gasteiger partial charge is 0.160 e. The molecule has 4 aromatic rings. The summed E-state index contributed by atoms with van der Waals surface area (Å²) in [4.78, 5) is 0. The minimum Gasteiger partial charge on any atom is -0.459 e. The highest BCUT2D eigenvalue weighted by molar-refractivity contribution is 5.50. The number of fused-ring (bicyclic) bond motifs is 1. The number of aryl methyl sites for hydroxylation is 3. The van der Waals surface area contributed by atoms with Crippen LogP contribution in [0.1, 0.15) is 24.9 Å². The number of pyridine rings is 1. The van der Waals surface area contributed by atoms with Crippen molar-refractivity contribution in [2.75, 3.05) is 0 Å². The highest BCUT2D eigenvalue weighted by atomic mass is 16.3. The van der Waals surface area contributed by atoms with Gasteiger partial charge in [0.1, 0.15) is 17.3 Å². The Labute approximate surface area is 138 Å². The molecule has 0 spiro atoms. The topological polar surface area (TPSA) is 74.0 Å². The molecular weight excluding hydrogens is 304 g/mol. The van der Waals surface area contributed by atoms with Crippen LogP contribution >= 0.6 is 0 Å². The molecule has 0 aliphatic rings. The van der Waals surface area contributed by atoms with Crippen molar-refractivity contribution < 1.29 is 4.42 Å². The fraction of sp³-hybridized carbons (Fsp3) is 0.294. The van der Waals surface area contributed by atoms with E-state index in [9.17, 15) is 0 Å². The van der Waals surface area contributed by atoms with E-state index < -0.39 is 0 Å². The molecule has 7 heteroatoms. The van der Waals surface area contributed by atoms with Crippen LogP contribution in [0.5, 0.6) is 0 Å². The lowest BCUT2D eigenvalue weighted by Gasteiger charge is -2.00. The highest BCUT2D eigenvalue weighted by Crippen LogP contribution is 2.19. The predicted octanol–water partition coefficient (Wildman–Crippen LogP) is 2.78. The summed E-state index contributed by atoms with van der Waals surface area (Å²) in [6.45, 7) is 2.84. The molecule has 0 radical (unpaired) electrons. The predicted molar refractivity (Wildman–Crippen MR) is 88.4 cm³/mol. The number of furan rings is 1. The molecule has 0 amide bonds. The van der Waals surface area contributed by atoms with Crippen LogP contribution in [0.3, 0.4) is 0 Å². The minimum atomic E-state index is 0.765. The molecule has 4 rings (SSSR count). The monoisotopic (exact) mass is 322 g/mol. The second-order valence-electron chi connectivity index (χ2n) is 5.63. The first kappa shape index (κ1) is 14.6. The van der Waals surface area contributed by atoms with E-state index in [0.717, 1.165) is 54.5 Å². The zero-order valence-corrected chi connectivity index (χ0v) is 13.5. The normalized spacial score (nSPS) is 11.4. The summed E-state index contributed by atoms with van der Waals surface area (Å²) in [6, 6.07) is 9.81. The van der Waals surface area contributed by atoms with Crippen molar-refractivity contribution in [2.45, 2.75) is 32.7 Å². The molecule has 122 valence electrons. The first-order valence-electron chi connectivity index (χ1n) is 8.11. The molecule has 0 aromatic carbocycles. The van der Waals surface area contributed by atoms with Crippen LogP contribution in [0.25, 0.3) is 17.1 Å². The zero-order chi connectivity index (χ0) is 16.4. The van der Waals surface area contributed by atoms with Gasteiger partial charge in [-0.15, -0.1) is 15.3 Å². The molecule has 0 unspecified atom stereocenters. The fourth-order valence-electron chi connectivity index (χ4n) is 2.69. The van der Waals surface area contributed by atoms with Crippen LogP contribution in [0.2, 0.25) is 0 Å². The van der Waals surface area contributed by atoms with Crippen molar-refractivity contribution in [1.82, 2.24) is 29.6 Å². The molecule has 0 atom stereocenters. The Morgan fingerprint density at radius 1 is 1.08 bits per heavy atom. The number of hydrogen-bond donors (Lipinski definition) is 0. The molecular formula is C17H18N6O. The fourth-order valence-corrected chi connectivity index (χ4v) is 2.69. The Kier molecular flexibility index (Phi) is 3.82. The highest BCUT2D eigenvalue weighted by Gasteiger charge is 2.09. The standard InChI is InChI=1S/C17H18N6O/c1-2-13-8-9-15(24-13)14-12-22(21-18-14)10-5-7-17-20-19-16-6-3-4-11-23(16)17/h3-4,6,8-9,11-12H,2,5,7,10H2,1H3. The van der Waals surface area contributed by atoms with Gasteiger partial charge in [0.05, 0.1) is 6.20 Å². The third-order valence-corrected chi connectivity index (χ3v) is 3.97. The maximum Gasteiger partial charge on any atom is 0.160 e. The van der Waals surface area contributed by atoms with Crippen molar-refractivity contribution in [2.24, 2.45) is 0 Å². The van der Waals surface area contributed by atoms with Gasteiger partial charge in [-0.05, 0) is 30.7 Å². The molecule has 0 aliphatic carbocycles. The molecule has 0 fully saturated rings. The summed E-state index contributed by atoms with van der Waals surface area (Å²) in [7, 11) is 0. The molecule has 0 bridgehead atoms. The van der Waals surface area contributed by atoms with Crippen LogP contribution in [0, 0.1) is 0 Å². The van der Waals surface area contributed by atoms with Crippen LogP contribution in [0.4, 0.5) is 0 Å². The van der Waals surface area contributed by atoms with Crippen molar-refractivity contribution in [3.8, 4) is 11.5 Å². The second kappa shape index (κ2) is 6.27. The van der Waals surface area contributed by atoms with E-state index in [0.29, 0.717) is 0 Å². The molecule has 4 aromatic heterocycles. The first-order valence-corrected chi connectivity index (χ1v) is 8.11. The van der Waals surface area contributed by atoms with E-state index in [1.54, 1.807) is 0 Å². The largest absolute Gasteiger partial charge is 0.459 e. The number of rotatable bonds is 6. The van der Waals surface area contributed by atoms with E-state index >= 15 is 0 Å². The molecule has 4 heterocycles. The minimum absolute atomic E-state index is 0.765. The van der Waals surface area contributed by atoms with Crippen molar-refractivity contribution in [3.63, 3.8) is 0 Å². The van der Waals surface area contributed by atoms with Crippen LogP contribution in [-0.4, -0.2) is 29.6 Å². The maximum atomic E-state index is 5.71. The van der Waals surface area contributed by atoms with E-state index in [2.05, 4.69) is 27.4 Å². The Morgan fingerprint density at radius 3 is 2.92 bits per heavy atom. The summed E-state index contributed by atoms with van der Waals surface area (Å²) in [6.07, 6.45) is 6.53. The zero-order valence-electron chi connectivity index (χ0n) is 13.5.